The first-order valence-electron chi connectivity index (χ1n) is 21.1. The molecule has 1 aliphatic rings. The van der Waals surface area contributed by atoms with Crippen LogP contribution in [0, 0.1) is 11.3 Å². The second-order valence-corrected chi connectivity index (χ2v) is 16.2. The van der Waals surface area contributed by atoms with E-state index in [1.807, 2.05) is 0 Å². The fourth-order valence-corrected chi connectivity index (χ4v) is 7.46. The van der Waals surface area contributed by atoms with E-state index in [0.717, 1.165) is 41.9 Å². The number of hydrogen-bond donors (Lipinski definition) is 2. The Balaban J connectivity index is 2.06. The largest absolute Gasteiger partial charge is 0.492 e. The molecule has 1 fully saturated rings. The van der Waals surface area contributed by atoms with Gasteiger partial charge in [0.25, 0.3) is 0 Å². The van der Waals surface area contributed by atoms with Gasteiger partial charge in [0.2, 0.25) is 0 Å². The van der Waals surface area contributed by atoms with Crippen LogP contribution < -0.4 is 16.2 Å². The molecule has 1 aliphatic carbocycles. The van der Waals surface area contributed by atoms with Crippen LogP contribution in [0.4, 0.5) is 0 Å². The van der Waals surface area contributed by atoms with Crippen molar-refractivity contribution in [3.05, 3.63) is 89.0 Å². The van der Waals surface area contributed by atoms with Crippen molar-refractivity contribution in [3.63, 3.8) is 0 Å². The first-order valence-corrected chi connectivity index (χ1v) is 21.1. The van der Waals surface area contributed by atoms with E-state index in [4.69, 9.17) is 30.4 Å². The van der Waals surface area contributed by atoms with E-state index in [0.29, 0.717) is 37.6 Å². The van der Waals surface area contributed by atoms with E-state index in [1.165, 1.54) is 88.8 Å². The first-order chi connectivity index (χ1) is 27.3. The molecule has 0 heterocycles. The van der Waals surface area contributed by atoms with Crippen LogP contribution in [0.25, 0.3) is 11.1 Å². The molecule has 0 radical (unpaired) electrons. The van der Waals surface area contributed by atoms with Gasteiger partial charge in [0, 0.05) is 16.7 Å². The van der Waals surface area contributed by atoms with Gasteiger partial charge in [-0.1, -0.05) is 77.5 Å². The zero-order valence-corrected chi connectivity index (χ0v) is 35.6. The van der Waals surface area contributed by atoms with E-state index < -0.39 is 23.3 Å². The number of esters is 3. The maximum Gasteiger partial charge on any atom is 0.333 e. The molecular formula is C48H70N2O7. The predicted molar refractivity (Wildman–Crippen MR) is 230 cm³/mol. The lowest BCUT2D eigenvalue weighted by Gasteiger charge is -2.33. The van der Waals surface area contributed by atoms with Crippen LogP contribution in [0.3, 0.4) is 0 Å². The van der Waals surface area contributed by atoms with Crippen LogP contribution in [0.2, 0.25) is 0 Å². The second kappa shape index (κ2) is 23.9. The molecule has 0 spiro atoms. The predicted octanol–water partition coefficient (Wildman–Crippen LogP) is 9.28. The summed E-state index contributed by atoms with van der Waals surface area (Å²) in [4.78, 5) is 38.0. The Morgan fingerprint density at radius 2 is 1.19 bits per heavy atom. The monoisotopic (exact) mass is 787 g/mol. The van der Waals surface area contributed by atoms with Gasteiger partial charge in [0.1, 0.15) is 37.6 Å². The number of hydrogen-bond acceptors (Lipinski definition) is 9. The lowest BCUT2D eigenvalue weighted by molar-refractivity contribution is -0.159. The number of unbranched alkanes of at least 4 members (excludes halogenated alkanes) is 2. The molecule has 2 aromatic rings. The first kappa shape index (κ1) is 47.2. The number of rotatable bonds is 25. The molecule has 3 rings (SSSR count). The number of carbonyl (C=O) groups is 3. The molecule has 1 saturated carbocycles. The molecule has 314 valence electrons. The maximum absolute atomic E-state index is 12.7. The second-order valence-electron chi connectivity index (χ2n) is 16.2. The van der Waals surface area contributed by atoms with Crippen molar-refractivity contribution in [2.75, 3.05) is 39.5 Å². The van der Waals surface area contributed by atoms with Gasteiger partial charge < -0.3 is 30.4 Å². The Hall–Kier alpha value is -4.21. The lowest BCUT2D eigenvalue weighted by Crippen LogP contribution is -2.44. The third-order valence-electron chi connectivity index (χ3n) is 11.0. The highest BCUT2D eigenvalue weighted by molar-refractivity contribution is 5.88. The van der Waals surface area contributed by atoms with E-state index in [2.05, 4.69) is 63.9 Å². The topological polar surface area (TPSA) is 140 Å². The summed E-state index contributed by atoms with van der Waals surface area (Å²) in [6.07, 6.45) is 14.1. The fourth-order valence-electron chi connectivity index (χ4n) is 7.46. The molecule has 0 unspecified atom stereocenters. The van der Waals surface area contributed by atoms with Crippen molar-refractivity contribution < 1.29 is 33.3 Å². The quantitative estimate of drug-likeness (QED) is 0.0436. The summed E-state index contributed by atoms with van der Waals surface area (Å²) in [5.41, 5.74) is 18.4. The van der Waals surface area contributed by atoms with Gasteiger partial charge in [0.15, 0.2) is 0 Å². The van der Waals surface area contributed by atoms with Crippen molar-refractivity contribution in [3.8, 4) is 16.9 Å². The molecule has 0 bridgehead atoms. The van der Waals surface area contributed by atoms with E-state index in [-0.39, 0.29) is 43.1 Å². The van der Waals surface area contributed by atoms with Crippen LogP contribution in [0.1, 0.15) is 127 Å². The van der Waals surface area contributed by atoms with E-state index in [9.17, 15) is 14.4 Å². The van der Waals surface area contributed by atoms with Crippen LogP contribution in [-0.4, -0.2) is 57.4 Å². The molecule has 4 N–H and O–H groups in total. The Labute approximate surface area is 342 Å². The SMILES string of the molecule is C=C(C)C(=O)OCC(COC(=O)C(=C)C)(COC(=O)C(=C)C)COc1c(CCCN)cc(-c2ccc(C3CCC(CCCCC)CC3)cc2CC)cc1CCCN. The van der Waals surface area contributed by atoms with Gasteiger partial charge in [-0.15, -0.1) is 0 Å². The number of carbonyl (C=O) groups excluding carboxylic acids is 3. The molecule has 0 saturated heterocycles. The molecule has 0 amide bonds. The average molecular weight is 787 g/mol. The number of ether oxygens (including phenoxy) is 4. The van der Waals surface area contributed by atoms with Crippen molar-refractivity contribution >= 4 is 17.9 Å². The van der Waals surface area contributed by atoms with E-state index in [1.54, 1.807) is 0 Å². The zero-order chi connectivity index (χ0) is 42.0. The standard InChI is InChI=1S/C48H70N2O7/c1-9-11-12-15-36-18-20-38(21-19-36)39-22-23-43(37(10-2)26-39)42-27-40(16-13-24-49)44(41(28-42)17-14-25-50)54-29-48(30-55-45(51)33(3)4,31-56-46(52)34(5)6)32-57-47(53)35(7)8/h22-23,26-28,36,38H,3,5,7,9-21,24-25,29-32,49-50H2,1-2,4,6,8H3. The minimum absolute atomic E-state index is 0.121. The lowest BCUT2D eigenvalue weighted by atomic mass is 9.76. The van der Waals surface area contributed by atoms with Crippen molar-refractivity contribution in [1.82, 2.24) is 0 Å². The fraction of sp³-hybridized carbons (Fsp3) is 0.562. The number of benzene rings is 2. The molecular weight excluding hydrogens is 717 g/mol. The highest BCUT2D eigenvalue weighted by Gasteiger charge is 2.38. The summed E-state index contributed by atoms with van der Waals surface area (Å²) in [5.74, 6) is 0.219. The number of nitrogens with two attached hydrogens (primary N) is 2. The summed E-state index contributed by atoms with van der Waals surface area (Å²) in [5, 5.41) is 0. The van der Waals surface area contributed by atoms with Crippen molar-refractivity contribution in [2.45, 2.75) is 124 Å². The molecule has 0 atom stereocenters. The normalized spacial score (nSPS) is 15.4. The van der Waals surface area contributed by atoms with Gasteiger partial charge >= 0.3 is 17.9 Å². The highest BCUT2D eigenvalue weighted by atomic mass is 16.6. The molecule has 9 heteroatoms. The van der Waals surface area contributed by atoms with Gasteiger partial charge in [-0.2, -0.15) is 0 Å². The summed E-state index contributed by atoms with van der Waals surface area (Å²) < 4.78 is 23.7. The smallest absolute Gasteiger partial charge is 0.333 e. The van der Waals surface area contributed by atoms with Gasteiger partial charge in [-0.3, -0.25) is 0 Å². The molecule has 0 aliphatic heterocycles. The Bertz CT molecular complexity index is 1580. The van der Waals surface area contributed by atoms with E-state index >= 15 is 0 Å². The Morgan fingerprint density at radius 3 is 1.63 bits per heavy atom. The zero-order valence-electron chi connectivity index (χ0n) is 35.6. The summed E-state index contributed by atoms with van der Waals surface area (Å²) in [6, 6.07) is 11.4. The minimum atomic E-state index is -1.30. The van der Waals surface area contributed by atoms with Gasteiger partial charge in [-0.25, -0.2) is 14.4 Å². The van der Waals surface area contributed by atoms with Crippen molar-refractivity contribution in [1.29, 1.82) is 0 Å². The molecule has 2 aromatic carbocycles. The molecule has 0 aromatic heterocycles. The number of aryl methyl sites for hydroxylation is 3. The molecule has 57 heavy (non-hydrogen) atoms. The van der Waals surface area contributed by atoms with Crippen LogP contribution >= 0.6 is 0 Å². The van der Waals surface area contributed by atoms with Crippen molar-refractivity contribution in [2.24, 2.45) is 22.8 Å². The Morgan fingerprint density at radius 1 is 0.684 bits per heavy atom. The minimum Gasteiger partial charge on any atom is -0.492 e. The summed E-state index contributed by atoms with van der Waals surface area (Å²) in [7, 11) is 0. The van der Waals surface area contributed by atoms with Crippen LogP contribution in [0.15, 0.2) is 66.8 Å². The summed E-state index contributed by atoms with van der Waals surface area (Å²) >= 11 is 0. The van der Waals surface area contributed by atoms with Crippen LogP contribution in [0.5, 0.6) is 5.75 Å². The molecule has 9 nitrogen and oxygen atoms in total. The third-order valence-corrected chi connectivity index (χ3v) is 11.0. The van der Waals surface area contributed by atoms with Gasteiger partial charge in [0.05, 0.1) is 0 Å². The van der Waals surface area contributed by atoms with Crippen LogP contribution in [-0.2, 0) is 47.9 Å². The Kier molecular flexibility index (Phi) is 19.8. The highest BCUT2D eigenvalue weighted by Crippen LogP contribution is 2.41. The maximum atomic E-state index is 12.7. The third kappa shape index (κ3) is 14.6. The average Bonchev–Trinajstić information content (AvgIpc) is 3.21. The summed E-state index contributed by atoms with van der Waals surface area (Å²) in [6.45, 7) is 20.2. The van der Waals surface area contributed by atoms with Gasteiger partial charge in [-0.05, 0) is 149 Å².